The van der Waals surface area contributed by atoms with E-state index in [0.717, 1.165) is 80.6 Å². The van der Waals surface area contributed by atoms with Gasteiger partial charge in [-0.1, -0.05) is 93.9 Å². The van der Waals surface area contributed by atoms with E-state index in [1.165, 1.54) is 10.5 Å². The SMILES string of the molecule is CSc1ccc(-c2cnc3c(NCC(C)C)nc4ccccc4n23)cc1.Cc1ccc(-c2cnc3c(NCC(C)C)nc4ccccc4n23)cc1. The van der Waals surface area contributed by atoms with Crippen LogP contribution in [0.5, 0.6) is 0 Å². The van der Waals surface area contributed by atoms with E-state index < -0.39 is 0 Å². The van der Waals surface area contributed by atoms with Crippen molar-refractivity contribution in [3.05, 3.63) is 115 Å². The summed E-state index contributed by atoms with van der Waals surface area (Å²) in [7, 11) is 0. The highest BCUT2D eigenvalue weighted by atomic mass is 32.2. The number of nitrogens with one attached hydrogen (secondary N) is 2. The van der Waals surface area contributed by atoms with E-state index >= 15 is 0 Å². The molecule has 0 amide bonds. The molecule has 0 spiro atoms. The van der Waals surface area contributed by atoms with Crippen LogP contribution in [0.4, 0.5) is 11.6 Å². The summed E-state index contributed by atoms with van der Waals surface area (Å²) >= 11 is 1.75. The molecule has 9 heteroatoms. The van der Waals surface area contributed by atoms with Crippen molar-refractivity contribution in [2.24, 2.45) is 11.8 Å². The van der Waals surface area contributed by atoms with Gasteiger partial charge >= 0.3 is 0 Å². The number of anilines is 2. The number of hydrogen-bond acceptors (Lipinski definition) is 7. The second kappa shape index (κ2) is 14.8. The topological polar surface area (TPSA) is 84.4 Å². The van der Waals surface area contributed by atoms with Crippen LogP contribution in [-0.4, -0.2) is 48.1 Å². The van der Waals surface area contributed by atoms with Crippen molar-refractivity contribution in [3.8, 4) is 22.5 Å². The molecule has 0 bridgehead atoms. The van der Waals surface area contributed by atoms with E-state index in [9.17, 15) is 0 Å². The number of imidazole rings is 2. The van der Waals surface area contributed by atoms with Crippen molar-refractivity contribution in [2.45, 2.75) is 39.5 Å². The van der Waals surface area contributed by atoms with Crippen molar-refractivity contribution in [1.29, 1.82) is 0 Å². The highest BCUT2D eigenvalue weighted by Crippen LogP contribution is 2.31. The summed E-state index contributed by atoms with van der Waals surface area (Å²) in [5.74, 6) is 2.76. The second-order valence-electron chi connectivity index (χ2n) is 13.6. The molecule has 0 saturated heterocycles. The number of aryl methyl sites for hydroxylation is 1. The van der Waals surface area contributed by atoms with Crippen molar-refractivity contribution in [1.82, 2.24) is 28.7 Å². The Bertz CT molecular complexity index is 2430. The molecule has 8 aromatic rings. The maximum Gasteiger partial charge on any atom is 0.181 e. The summed E-state index contributed by atoms with van der Waals surface area (Å²) in [5, 5.41) is 6.92. The zero-order valence-electron chi connectivity index (χ0n) is 30.1. The van der Waals surface area contributed by atoms with Crippen LogP contribution in [0.15, 0.2) is 114 Å². The molecule has 0 fully saturated rings. The van der Waals surface area contributed by atoms with Gasteiger partial charge in [0, 0.05) is 29.1 Å². The fourth-order valence-corrected chi connectivity index (χ4v) is 6.50. The van der Waals surface area contributed by atoms with Crippen molar-refractivity contribution in [3.63, 3.8) is 0 Å². The molecule has 51 heavy (non-hydrogen) atoms. The maximum absolute atomic E-state index is 4.81. The zero-order chi connectivity index (χ0) is 35.5. The lowest BCUT2D eigenvalue weighted by Crippen LogP contribution is -2.11. The van der Waals surface area contributed by atoms with E-state index in [0.29, 0.717) is 11.8 Å². The van der Waals surface area contributed by atoms with Crippen molar-refractivity contribution < 1.29 is 0 Å². The molecule has 0 aliphatic heterocycles. The number of aromatic nitrogens is 6. The first-order chi connectivity index (χ1) is 24.8. The highest BCUT2D eigenvalue weighted by molar-refractivity contribution is 7.98. The van der Waals surface area contributed by atoms with Gasteiger partial charge < -0.3 is 10.6 Å². The number of benzene rings is 4. The van der Waals surface area contributed by atoms with E-state index in [-0.39, 0.29) is 0 Å². The van der Waals surface area contributed by atoms with E-state index in [4.69, 9.17) is 15.0 Å². The first-order valence-corrected chi connectivity index (χ1v) is 18.7. The molecule has 8 nitrogen and oxygen atoms in total. The van der Waals surface area contributed by atoms with Crippen LogP contribution < -0.4 is 10.6 Å². The van der Waals surface area contributed by atoms with Crippen LogP contribution in [0.1, 0.15) is 33.3 Å². The monoisotopic (exact) mass is 692 g/mol. The van der Waals surface area contributed by atoms with Gasteiger partial charge in [0.05, 0.1) is 45.8 Å². The first kappa shape index (κ1) is 34.1. The Morgan fingerprint density at radius 2 is 1.02 bits per heavy atom. The van der Waals surface area contributed by atoms with Gasteiger partial charge in [-0.05, 0) is 61.4 Å². The summed E-state index contributed by atoms with van der Waals surface area (Å²) in [6.07, 6.45) is 5.97. The largest absolute Gasteiger partial charge is 0.367 e. The number of nitrogens with zero attached hydrogens (tertiary/aromatic N) is 6. The summed E-state index contributed by atoms with van der Waals surface area (Å²) in [5.41, 5.74) is 11.5. The van der Waals surface area contributed by atoms with Gasteiger partial charge in [0.2, 0.25) is 0 Å². The van der Waals surface area contributed by atoms with Gasteiger partial charge in [-0.3, -0.25) is 8.80 Å². The van der Waals surface area contributed by atoms with Gasteiger partial charge in [0.25, 0.3) is 0 Å². The third-order valence-electron chi connectivity index (χ3n) is 8.75. The average Bonchev–Trinajstić information content (AvgIpc) is 3.80. The molecule has 4 heterocycles. The standard InChI is InChI=1S/C21H22N4S.C21H22N4/c1-14(2)12-22-20-21-23-13-19(15-8-10-16(26-3)11-9-15)25(21)18-7-5-4-6-17(18)24-20;1-14(2)12-22-20-21-23-13-19(16-10-8-15(3)9-11-16)25(21)18-7-5-4-6-17(18)24-20/h4-11,13-14H,12H2,1-3H3,(H,22,24);4-11,13-14H,12H2,1-3H3,(H,22,24). The molecule has 0 atom stereocenters. The van der Waals surface area contributed by atoms with Crippen molar-refractivity contribution >= 4 is 56.8 Å². The average molecular weight is 693 g/mol. The molecule has 2 N–H and O–H groups in total. The lowest BCUT2D eigenvalue weighted by molar-refractivity contribution is 0.687. The number of thioether (sulfide) groups is 1. The Labute approximate surface area is 303 Å². The summed E-state index contributed by atoms with van der Waals surface area (Å²) < 4.78 is 4.41. The Morgan fingerprint density at radius 1 is 0.588 bits per heavy atom. The predicted molar refractivity (Wildman–Crippen MR) is 215 cm³/mol. The summed E-state index contributed by atoms with van der Waals surface area (Å²) in [6.45, 7) is 12.6. The Morgan fingerprint density at radius 3 is 1.45 bits per heavy atom. The molecular formula is C42H44N8S. The third kappa shape index (κ3) is 7.12. The summed E-state index contributed by atoms with van der Waals surface area (Å²) in [6, 6.07) is 33.6. The minimum atomic E-state index is 0.539. The van der Waals surface area contributed by atoms with Crippen molar-refractivity contribution in [2.75, 3.05) is 30.0 Å². The minimum absolute atomic E-state index is 0.539. The zero-order valence-corrected chi connectivity index (χ0v) is 30.9. The molecule has 4 aromatic carbocycles. The number of para-hydroxylation sites is 4. The highest BCUT2D eigenvalue weighted by Gasteiger charge is 2.16. The fourth-order valence-electron chi connectivity index (χ4n) is 6.09. The number of fused-ring (bicyclic) bond motifs is 6. The van der Waals surface area contributed by atoms with Gasteiger partial charge in [0.15, 0.2) is 22.9 Å². The van der Waals surface area contributed by atoms with Crippen LogP contribution in [0.2, 0.25) is 0 Å². The van der Waals surface area contributed by atoms with E-state index in [1.54, 1.807) is 11.8 Å². The quantitative estimate of drug-likeness (QED) is 0.146. The molecule has 0 aliphatic carbocycles. The molecule has 258 valence electrons. The lowest BCUT2D eigenvalue weighted by Gasteiger charge is -2.12. The maximum atomic E-state index is 4.81. The Hall–Kier alpha value is -5.41. The third-order valence-corrected chi connectivity index (χ3v) is 9.49. The summed E-state index contributed by atoms with van der Waals surface area (Å²) in [4.78, 5) is 20.3. The first-order valence-electron chi connectivity index (χ1n) is 17.5. The minimum Gasteiger partial charge on any atom is -0.367 e. The second-order valence-corrected chi connectivity index (χ2v) is 14.5. The lowest BCUT2D eigenvalue weighted by atomic mass is 10.1. The normalized spacial score (nSPS) is 11.5. The van der Waals surface area contributed by atoms with Crippen LogP contribution >= 0.6 is 11.8 Å². The van der Waals surface area contributed by atoms with Gasteiger partial charge in [0.1, 0.15) is 0 Å². The van der Waals surface area contributed by atoms with Gasteiger partial charge in [-0.15, -0.1) is 11.8 Å². The number of rotatable bonds is 9. The van der Waals surface area contributed by atoms with Gasteiger partial charge in [-0.25, -0.2) is 19.9 Å². The smallest absolute Gasteiger partial charge is 0.181 e. The molecule has 0 aliphatic rings. The molecule has 4 aromatic heterocycles. The Kier molecular flexibility index (Phi) is 9.90. The molecule has 0 unspecified atom stereocenters. The van der Waals surface area contributed by atoms with E-state index in [2.05, 4.69) is 132 Å². The van der Waals surface area contributed by atoms with Crippen LogP contribution in [0.25, 0.3) is 55.9 Å². The Balaban J connectivity index is 0.000000159. The molecule has 0 radical (unpaired) electrons. The van der Waals surface area contributed by atoms with Crippen LogP contribution in [0, 0.1) is 18.8 Å². The predicted octanol–water partition coefficient (Wildman–Crippen LogP) is 10.3. The van der Waals surface area contributed by atoms with Gasteiger partial charge in [-0.2, -0.15) is 0 Å². The number of hydrogen-bond donors (Lipinski definition) is 2. The van der Waals surface area contributed by atoms with Crippen LogP contribution in [-0.2, 0) is 0 Å². The molecule has 0 saturated carbocycles. The van der Waals surface area contributed by atoms with Crippen LogP contribution in [0.3, 0.4) is 0 Å². The molecule has 8 rings (SSSR count). The fraction of sp³-hybridized carbons (Fsp3) is 0.238. The molecular weight excluding hydrogens is 649 g/mol. The van der Waals surface area contributed by atoms with E-state index in [1.807, 2.05) is 42.7 Å².